The molecule has 0 aliphatic rings. The van der Waals surface area contributed by atoms with Crippen LogP contribution in [0, 0.1) is 5.82 Å². The van der Waals surface area contributed by atoms with E-state index in [9.17, 15) is 17.6 Å². The molecule has 0 bridgehead atoms. The second-order valence-corrected chi connectivity index (χ2v) is 9.91. The summed E-state index contributed by atoms with van der Waals surface area (Å²) in [7, 11) is -2.39. The monoisotopic (exact) mass is 446 g/mol. The van der Waals surface area contributed by atoms with E-state index in [1.165, 1.54) is 24.9 Å². The first-order valence-electron chi connectivity index (χ1n) is 9.41. The molecular weight excluding hydrogens is 423 g/mol. The molecule has 0 heterocycles. The van der Waals surface area contributed by atoms with Gasteiger partial charge in [-0.1, -0.05) is 48.5 Å². The average Bonchev–Trinajstić information content (AvgIpc) is 2.74. The van der Waals surface area contributed by atoms with E-state index >= 15 is 0 Å². The van der Waals surface area contributed by atoms with Crippen LogP contribution < -0.4 is 5.32 Å². The van der Waals surface area contributed by atoms with Crippen molar-refractivity contribution in [1.29, 1.82) is 0 Å². The van der Waals surface area contributed by atoms with E-state index in [0.29, 0.717) is 23.6 Å². The van der Waals surface area contributed by atoms with Gasteiger partial charge in [0.05, 0.1) is 11.4 Å². The third kappa shape index (κ3) is 5.59. The highest BCUT2D eigenvalue weighted by Gasteiger charge is 2.23. The molecule has 3 rings (SSSR count). The van der Waals surface area contributed by atoms with E-state index in [4.69, 9.17) is 0 Å². The van der Waals surface area contributed by atoms with E-state index in [0.717, 1.165) is 15.1 Å². The molecule has 0 saturated heterocycles. The highest BCUT2D eigenvalue weighted by atomic mass is 32.2. The quantitative estimate of drug-likeness (QED) is 0.510. The number of amides is 1. The predicted molar refractivity (Wildman–Crippen MR) is 119 cm³/mol. The molecule has 0 aliphatic carbocycles. The van der Waals surface area contributed by atoms with Gasteiger partial charge in [0.2, 0.25) is 15.9 Å². The van der Waals surface area contributed by atoms with Gasteiger partial charge in [-0.3, -0.25) is 4.79 Å². The van der Waals surface area contributed by atoms with E-state index < -0.39 is 10.0 Å². The first kappa shape index (κ1) is 22.3. The van der Waals surface area contributed by atoms with E-state index in [1.54, 1.807) is 36.4 Å². The normalized spacial score (nSPS) is 11.7. The smallest absolute Gasteiger partial charge is 0.243 e. The lowest BCUT2D eigenvalue weighted by atomic mass is 10.1. The summed E-state index contributed by atoms with van der Waals surface area (Å²) in [5.41, 5.74) is 0.620. The van der Waals surface area contributed by atoms with Gasteiger partial charge in [-0.25, -0.2) is 12.8 Å². The number of halogens is 1. The maximum absolute atomic E-state index is 13.6. The fourth-order valence-electron chi connectivity index (χ4n) is 2.91. The predicted octanol–water partition coefficient (Wildman–Crippen LogP) is 3.65. The van der Waals surface area contributed by atoms with E-state index in [1.807, 2.05) is 24.3 Å². The summed E-state index contributed by atoms with van der Waals surface area (Å²) >= 11 is 1.50. The second-order valence-electron chi connectivity index (χ2n) is 6.76. The van der Waals surface area contributed by atoms with Crippen molar-refractivity contribution in [3.05, 3.63) is 78.1 Å². The summed E-state index contributed by atoms with van der Waals surface area (Å²) in [5.74, 6) is 0.489. The van der Waals surface area contributed by atoms with Crippen LogP contribution in [0.5, 0.6) is 0 Å². The molecule has 0 fully saturated rings. The number of likely N-dealkylation sites (N-methyl/N-ethyl adjacent to an activating group) is 1. The largest absolute Gasteiger partial charge is 0.354 e. The Kier molecular flexibility index (Phi) is 7.47. The molecule has 0 aromatic heterocycles. The van der Waals surface area contributed by atoms with Crippen molar-refractivity contribution >= 4 is 38.5 Å². The standard InChI is InChI=1S/C22H23FN2O3S2/c1-25(30(27,28)20-11-10-17-6-2-3-7-18(17)14-20)15-22(26)24-12-13-29-16-19-8-4-5-9-21(19)23/h2-11,14H,12-13,15-16H2,1H3,(H,24,26). The van der Waals surface area contributed by atoms with Crippen LogP contribution in [-0.4, -0.2) is 44.5 Å². The molecule has 3 aromatic rings. The minimum Gasteiger partial charge on any atom is -0.354 e. The summed E-state index contributed by atoms with van der Waals surface area (Å²) in [4.78, 5) is 12.3. The number of fused-ring (bicyclic) bond motifs is 1. The Morgan fingerprint density at radius 3 is 2.50 bits per heavy atom. The van der Waals surface area contributed by atoms with Crippen molar-refractivity contribution in [3.63, 3.8) is 0 Å². The van der Waals surface area contributed by atoms with Crippen LogP contribution in [-0.2, 0) is 20.6 Å². The van der Waals surface area contributed by atoms with Crippen molar-refractivity contribution in [2.24, 2.45) is 0 Å². The fraction of sp³-hybridized carbons (Fsp3) is 0.227. The maximum atomic E-state index is 13.6. The van der Waals surface area contributed by atoms with Gasteiger partial charge in [-0.05, 0) is 34.5 Å². The van der Waals surface area contributed by atoms with Gasteiger partial charge in [0, 0.05) is 25.1 Å². The number of rotatable bonds is 9. The molecule has 30 heavy (non-hydrogen) atoms. The average molecular weight is 447 g/mol. The molecule has 8 heteroatoms. The van der Waals surface area contributed by atoms with E-state index in [2.05, 4.69) is 5.32 Å². The van der Waals surface area contributed by atoms with Crippen molar-refractivity contribution in [2.75, 3.05) is 25.9 Å². The van der Waals surface area contributed by atoms with Gasteiger partial charge in [0.15, 0.2) is 0 Å². The molecule has 0 spiro atoms. The highest BCUT2D eigenvalue weighted by molar-refractivity contribution is 7.98. The zero-order valence-corrected chi connectivity index (χ0v) is 18.2. The first-order valence-corrected chi connectivity index (χ1v) is 12.0. The van der Waals surface area contributed by atoms with Crippen molar-refractivity contribution in [2.45, 2.75) is 10.6 Å². The molecule has 0 atom stereocenters. The van der Waals surface area contributed by atoms with Gasteiger partial charge >= 0.3 is 0 Å². The van der Waals surface area contributed by atoms with Crippen LogP contribution in [0.4, 0.5) is 4.39 Å². The number of benzene rings is 3. The highest BCUT2D eigenvalue weighted by Crippen LogP contribution is 2.21. The van der Waals surface area contributed by atoms with Crippen LogP contribution in [0.2, 0.25) is 0 Å². The van der Waals surface area contributed by atoms with Crippen LogP contribution in [0.25, 0.3) is 10.8 Å². The lowest BCUT2D eigenvalue weighted by molar-refractivity contribution is -0.121. The zero-order valence-electron chi connectivity index (χ0n) is 16.5. The molecule has 158 valence electrons. The number of sulfonamides is 1. The Balaban J connectivity index is 1.48. The molecule has 3 aromatic carbocycles. The van der Waals surface area contributed by atoms with Crippen LogP contribution in [0.1, 0.15) is 5.56 Å². The molecular formula is C22H23FN2O3S2. The van der Waals surface area contributed by atoms with Gasteiger partial charge in [-0.15, -0.1) is 0 Å². The van der Waals surface area contributed by atoms with Crippen LogP contribution in [0.3, 0.4) is 0 Å². The van der Waals surface area contributed by atoms with Crippen molar-refractivity contribution in [1.82, 2.24) is 9.62 Å². The molecule has 1 N–H and O–H groups in total. The Labute approximate surface area is 180 Å². The van der Waals surface area contributed by atoms with Gasteiger partial charge < -0.3 is 5.32 Å². The second kappa shape index (κ2) is 10.1. The van der Waals surface area contributed by atoms with Crippen LogP contribution >= 0.6 is 11.8 Å². The lowest BCUT2D eigenvalue weighted by Gasteiger charge is -2.17. The van der Waals surface area contributed by atoms with Gasteiger partial charge in [-0.2, -0.15) is 16.1 Å². The number of thioether (sulfide) groups is 1. The summed E-state index contributed by atoms with van der Waals surface area (Å²) in [6.45, 7) is 0.106. The molecule has 0 radical (unpaired) electrons. The number of carbonyl (C=O) groups is 1. The fourth-order valence-corrected chi connectivity index (χ4v) is 4.92. The lowest BCUT2D eigenvalue weighted by Crippen LogP contribution is -2.39. The summed E-state index contributed by atoms with van der Waals surface area (Å²) < 4.78 is 40.2. The minimum atomic E-state index is -3.78. The maximum Gasteiger partial charge on any atom is 0.243 e. The summed E-state index contributed by atoms with van der Waals surface area (Å²) in [6, 6.07) is 19.0. The van der Waals surface area contributed by atoms with Crippen molar-refractivity contribution < 1.29 is 17.6 Å². The minimum absolute atomic E-state index is 0.150. The number of nitrogens with zero attached hydrogens (tertiary/aromatic N) is 1. The molecule has 0 unspecified atom stereocenters. The summed E-state index contributed by atoms with van der Waals surface area (Å²) in [6.07, 6.45) is 0. The van der Waals surface area contributed by atoms with Gasteiger partial charge in [0.1, 0.15) is 5.82 Å². The summed E-state index contributed by atoms with van der Waals surface area (Å²) in [5, 5.41) is 4.48. The Morgan fingerprint density at radius 2 is 1.73 bits per heavy atom. The van der Waals surface area contributed by atoms with Crippen LogP contribution in [0.15, 0.2) is 71.6 Å². The zero-order chi connectivity index (χ0) is 21.6. The number of carbonyl (C=O) groups excluding carboxylic acids is 1. The third-order valence-corrected chi connectivity index (χ3v) is 7.39. The first-order chi connectivity index (χ1) is 14.4. The third-order valence-electron chi connectivity index (χ3n) is 4.58. The molecule has 5 nitrogen and oxygen atoms in total. The SMILES string of the molecule is CN(CC(=O)NCCSCc1ccccc1F)S(=O)(=O)c1ccc2ccccc2c1. The Hall–Kier alpha value is -2.42. The topological polar surface area (TPSA) is 66.5 Å². The Morgan fingerprint density at radius 1 is 1.03 bits per heavy atom. The number of nitrogens with one attached hydrogen (secondary N) is 1. The molecule has 0 saturated carbocycles. The Bertz CT molecular complexity index is 1140. The van der Waals surface area contributed by atoms with Gasteiger partial charge in [0.25, 0.3) is 0 Å². The van der Waals surface area contributed by atoms with Crippen molar-refractivity contribution in [3.8, 4) is 0 Å². The number of hydrogen-bond donors (Lipinski definition) is 1. The number of hydrogen-bond acceptors (Lipinski definition) is 4. The molecule has 1 amide bonds. The van der Waals surface area contributed by atoms with E-state index in [-0.39, 0.29) is 23.2 Å². The molecule has 0 aliphatic heterocycles.